The van der Waals surface area contributed by atoms with Gasteiger partial charge in [0, 0.05) is 18.7 Å². The molecule has 1 heterocycles. The largest absolute Gasteiger partial charge is 0.493 e. The average Bonchev–Trinajstić information content (AvgIpc) is 3.03. The number of non-ortho nitro benzene ring substituents is 1. The van der Waals surface area contributed by atoms with Crippen LogP contribution in [0.2, 0.25) is 0 Å². The number of nitrogens with zero attached hydrogens (tertiary/aromatic N) is 2. The van der Waals surface area contributed by atoms with Crippen LogP contribution in [0.25, 0.3) is 6.08 Å². The summed E-state index contributed by atoms with van der Waals surface area (Å²) in [5, 5.41) is 14.1. The number of nitro groups is 1. The van der Waals surface area contributed by atoms with Gasteiger partial charge in [-0.1, -0.05) is 19.4 Å². The maximum Gasteiger partial charge on any atom is 0.276 e. The molecule has 0 unspecified atom stereocenters. The Balaban J connectivity index is 1.71. The Morgan fingerprint density at radius 2 is 1.94 bits per heavy atom. The highest BCUT2D eigenvalue weighted by Crippen LogP contribution is 2.30. The van der Waals surface area contributed by atoms with E-state index in [4.69, 9.17) is 21.7 Å². The highest BCUT2D eigenvalue weighted by atomic mass is 32.1. The van der Waals surface area contributed by atoms with E-state index in [-0.39, 0.29) is 18.2 Å². The molecule has 1 amide bonds. The molecule has 2 aromatic rings. The number of thiocarbonyl (C=S) groups is 1. The Morgan fingerprint density at radius 3 is 2.58 bits per heavy atom. The predicted octanol–water partition coefficient (Wildman–Crippen LogP) is 4.04. The van der Waals surface area contributed by atoms with Gasteiger partial charge in [-0.25, -0.2) is 0 Å². The molecule has 1 saturated heterocycles. The van der Waals surface area contributed by atoms with Gasteiger partial charge in [0.15, 0.2) is 16.6 Å². The minimum absolute atomic E-state index is 0.0292. The molecule has 3 rings (SSSR count). The van der Waals surface area contributed by atoms with E-state index in [9.17, 15) is 14.9 Å². The van der Waals surface area contributed by atoms with Crippen molar-refractivity contribution >= 4 is 35.0 Å². The molecule has 0 radical (unpaired) electrons. The van der Waals surface area contributed by atoms with Gasteiger partial charge in [0.05, 0.1) is 12.0 Å². The first-order chi connectivity index (χ1) is 14.9. The Morgan fingerprint density at radius 1 is 1.19 bits per heavy atom. The van der Waals surface area contributed by atoms with Crippen molar-refractivity contribution in [3.05, 3.63) is 69.4 Å². The normalized spacial score (nSPS) is 14.6. The van der Waals surface area contributed by atoms with E-state index in [1.807, 2.05) is 6.07 Å². The lowest BCUT2D eigenvalue weighted by atomic mass is 10.1. The zero-order valence-electron chi connectivity index (χ0n) is 17.3. The number of benzene rings is 2. The maximum absolute atomic E-state index is 12.6. The van der Waals surface area contributed by atoms with E-state index in [0.717, 1.165) is 24.0 Å². The molecule has 0 bridgehead atoms. The number of hydrogen-bond donors (Lipinski definition) is 1. The Bertz CT molecular complexity index is 1020. The number of methoxy groups -OCH3 is 1. The van der Waals surface area contributed by atoms with Crippen LogP contribution in [0.3, 0.4) is 0 Å². The van der Waals surface area contributed by atoms with Crippen molar-refractivity contribution in [2.75, 3.05) is 13.7 Å². The number of carbonyl (C=O) groups is 1. The number of amides is 1. The number of ether oxygens (including phenoxy) is 2. The van der Waals surface area contributed by atoms with Crippen LogP contribution in [-0.2, 0) is 11.4 Å². The monoisotopic (exact) mass is 441 g/mol. The zero-order chi connectivity index (χ0) is 22.4. The van der Waals surface area contributed by atoms with Gasteiger partial charge in [-0.05, 0) is 60.1 Å². The molecule has 31 heavy (non-hydrogen) atoms. The Labute approximate surface area is 185 Å². The second-order valence-electron chi connectivity index (χ2n) is 6.92. The van der Waals surface area contributed by atoms with E-state index >= 15 is 0 Å². The summed E-state index contributed by atoms with van der Waals surface area (Å²) in [6, 6.07) is 11.5. The molecule has 0 saturated carbocycles. The molecule has 1 fully saturated rings. The fourth-order valence-electron chi connectivity index (χ4n) is 3.03. The average molecular weight is 442 g/mol. The minimum Gasteiger partial charge on any atom is -0.493 e. The molecular weight excluding hydrogens is 418 g/mol. The standard InChI is InChI=1S/C22H23N3O5S/c1-3-4-11-24-21(26)18(23-22(24)31)12-16-7-10-19(20(13-16)29-2)30-14-15-5-8-17(9-6-15)25(27)28/h5-10,12-13H,3-4,11,14H2,1-2H3,(H,23,31)/b18-12+. The number of rotatable bonds is 9. The van der Waals surface area contributed by atoms with Gasteiger partial charge in [-0.15, -0.1) is 0 Å². The summed E-state index contributed by atoms with van der Waals surface area (Å²) in [7, 11) is 1.53. The molecule has 162 valence electrons. The first-order valence-electron chi connectivity index (χ1n) is 9.81. The second-order valence-corrected chi connectivity index (χ2v) is 7.31. The second kappa shape index (κ2) is 10.0. The molecule has 9 heteroatoms. The van der Waals surface area contributed by atoms with E-state index < -0.39 is 4.92 Å². The van der Waals surface area contributed by atoms with Crippen molar-refractivity contribution in [1.29, 1.82) is 0 Å². The van der Waals surface area contributed by atoms with Gasteiger partial charge in [-0.3, -0.25) is 19.8 Å². The van der Waals surface area contributed by atoms with Crippen molar-refractivity contribution < 1.29 is 19.2 Å². The maximum atomic E-state index is 12.6. The summed E-state index contributed by atoms with van der Waals surface area (Å²) < 4.78 is 11.2. The number of hydrogen-bond acceptors (Lipinski definition) is 6. The zero-order valence-corrected chi connectivity index (χ0v) is 18.1. The van der Waals surface area contributed by atoms with Crippen LogP contribution in [0, 0.1) is 10.1 Å². The first kappa shape index (κ1) is 22.2. The lowest BCUT2D eigenvalue weighted by molar-refractivity contribution is -0.384. The van der Waals surface area contributed by atoms with Crippen LogP contribution in [0.1, 0.15) is 30.9 Å². The third kappa shape index (κ3) is 5.37. The Kier molecular flexibility index (Phi) is 7.19. The molecule has 2 aromatic carbocycles. The van der Waals surface area contributed by atoms with Gasteiger partial charge < -0.3 is 14.8 Å². The van der Waals surface area contributed by atoms with Gasteiger partial charge in [-0.2, -0.15) is 0 Å². The van der Waals surface area contributed by atoms with E-state index in [1.54, 1.807) is 35.2 Å². The van der Waals surface area contributed by atoms with Gasteiger partial charge in [0.1, 0.15) is 12.3 Å². The summed E-state index contributed by atoms with van der Waals surface area (Å²) in [6.45, 7) is 2.89. The van der Waals surface area contributed by atoms with Gasteiger partial charge in [0.2, 0.25) is 0 Å². The highest BCUT2D eigenvalue weighted by molar-refractivity contribution is 7.80. The van der Waals surface area contributed by atoms with Crippen LogP contribution in [-0.4, -0.2) is 34.5 Å². The van der Waals surface area contributed by atoms with E-state index in [2.05, 4.69) is 12.2 Å². The fourth-order valence-corrected chi connectivity index (χ4v) is 3.31. The van der Waals surface area contributed by atoms with Crippen molar-refractivity contribution in [1.82, 2.24) is 10.2 Å². The van der Waals surface area contributed by atoms with E-state index in [1.165, 1.54) is 19.2 Å². The van der Waals surface area contributed by atoms with Gasteiger partial charge >= 0.3 is 0 Å². The van der Waals surface area contributed by atoms with Crippen LogP contribution < -0.4 is 14.8 Å². The molecular formula is C22H23N3O5S. The summed E-state index contributed by atoms with van der Waals surface area (Å²) in [6.07, 6.45) is 3.59. The van der Waals surface area contributed by atoms with Crippen molar-refractivity contribution in [2.24, 2.45) is 0 Å². The molecule has 8 nitrogen and oxygen atoms in total. The molecule has 0 aromatic heterocycles. The van der Waals surface area contributed by atoms with Crippen LogP contribution in [0.4, 0.5) is 5.69 Å². The Hall–Kier alpha value is -3.46. The molecule has 0 spiro atoms. The first-order valence-corrected chi connectivity index (χ1v) is 10.2. The molecule has 1 aliphatic heterocycles. The highest BCUT2D eigenvalue weighted by Gasteiger charge is 2.29. The topological polar surface area (TPSA) is 93.9 Å². The SMILES string of the molecule is CCCCN1C(=O)/C(=C\c2ccc(OCc3ccc([N+](=O)[O-])cc3)c(OC)c2)NC1=S. The quantitative estimate of drug-likeness (QED) is 0.272. The van der Waals surface area contributed by atoms with Crippen molar-refractivity contribution in [2.45, 2.75) is 26.4 Å². The predicted molar refractivity (Wildman–Crippen MR) is 121 cm³/mol. The summed E-state index contributed by atoms with van der Waals surface area (Å²) in [4.78, 5) is 24.5. The van der Waals surface area contributed by atoms with Crippen LogP contribution in [0.15, 0.2) is 48.2 Å². The van der Waals surface area contributed by atoms with Crippen LogP contribution in [0.5, 0.6) is 11.5 Å². The number of carbonyl (C=O) groups excluding carboxylic acids is 1. The van der Waals surface area contributed by atoms with Crippen LogP contribution >= 0.6 is 12.2 Å². The summed E-state index contributed by atoms with van der Waals surface area (Å²) >= 11 is 5.27. The molecule has 0 atom stereocenters. The van der Waals surface area contributed by atoms with Crippen molar-refractivity contribution in [3.8, 4) is 11.5 Å². The van der Waals surface area contributed by atoms with Gasteiger partial charge in [0.25, 0.3) is 11.6 Å². The summed E-state index contributed by atoms with van der Waals surface area (Å²) in [5.41, 5.74) is 2.00. The lowest BCUT2D eigenvalue weighted by Crippen LogP contribution is -2.31. The third-order valence-electron chi connectivity index (χ3n) is 4.74. The van der Waals surface area contributed by atoms with E-state index in [0.29, 0.717) is 28.9 Å². The number of nitro benzene ring substituents is 1. The third-order valence-corrected chi connectivity index (χ3v) is 5.06. The number of nitrogens with one attached hydrogen (secondary N) is 1. The minimum atomic E-state index is -0.444. The molecule has 0 aliphatic carbocycles. The number of unbranched alkanes of at least 4 members (excludes halogenated alkanes) is 1. The molecule has 1 aliphatic rings. The summed E-state index contributed by atoms with van der Waals surface area (Å²) in [5.74, 6) is 0.886. The lowest BCUT2D eigenvalue weighted by Gasteiger charge is -2.12. The van der Waals surface area contributed by atoms with Crippen molar-refractivity contribution in [3.63, 3.8) is 0 Å². The fraction of sp³-hybridized carbons (Fsp3) is 0.273. The molecule has 1 N–H and O–H groups in total. The smallest absolute Gasteiger partial charge is 0.276 e.